The average molecular weight is 268 g/mol. The van der Waals surface area contributed by atoms with Gasteiger partial charge < -0.3 is 10.6 Å². The zero-order chi connectivity index (χ0) is 14.4. The van der Waals surface area contributed by atoms with Gasteiger partial charge in [0, 0.05) is 26.3 Å². The van der Waals surface area contributed by atoms with E-state index in [2.05, 4.69) is 0 Å². The lowest BCUT2D eigenvalue weighted by Crippen LogP contribution is -2.39. The van der Waals surface area contributed by atoms with Crippen molar-refractivity contribution in [1.82, 2.24) is 4.90 Å². The fourth-order valence-corrected chi connectivity index (χ4v) is 2.26. The molecule has 106 valence electrons. The lowest BCUT2D eigenvalue weighted by molar-refractivity contribution is -0.138. The SMILES string of the molecule is CC(=O)N1CCCC1C(=O)CC(=O)CCC(=O)CN. The van der Waals surface area contributed by atoms with Gasteiger partial charge in [-0.15, -0.1) is 0 Å². The Bertz CT molecular complexity index is 392. The van der Waals surface area contributed by atoms with Crippen LogP contribution in [0.1, 0.15) is 39.0 Å². The summed E-state index contributed by atoms with van der Waals surface area (Å²) in [4.78, 5) is 47.4. The minimum Gasteiger partial charge on any atom is -0.333 e. The molecule has 1 heterocycles. The Hall–Kier alpha value is -1.56. The molecule has 1 saturated heterocycles. The summed E-state index contributed by atoms with van der Waals surface area (Å²) in [6.07, 6.45) is 1.34. The van der Waals surface area contributed by atoms with Gasteiger partial charge in [0.2, 0.25) is 5.91 Å². The molecule has 0 aliphatic carbocycles. The number of Topliss-reactive ketones (excluding diaryl/α,β-unsaturated/α-hetero) is 3. The first kappa shape index (κ1) is 15.5. The lowest BCUT2D eigenvalue weighted by atomic mass is 10.0. The van der Waals surface area contributed by atoms with Crippen molar-refractivity contribution in [2.24, 2.45) is 5.73 Å². The third kappa shape index (κ3) is 4.55. The average Bonchev–Trinajstić information content (AvgIpc) is 2.85. The van der Waals surface area contributed by atoms with Crippen LogP contribution in [0.4, 0.5) is 0 Å². The molecular weight excluding hydrogens is 248 g/mol. The number of nitrogens with zero attached hydrogens (tertiary/aromatic N) is 1. The van der Waals surface area contributed by atoms with Crippen LogP contribution in [-0.4, -0.2) is 47.3 Å². The van der Waals surface area contributed by atoms with Gasteiger partial charge in [-0.3, -0.25) is 19.2 Å². The van der Waals surface area contributed by atoms with Crippen molar-refractivity contribution in [3.05, 3.63) is 0 Å². The van der Waals surface area contributed by atoms with E-state index in [0.717, 1.165) is 6.42 Å². The molecule has 0 spiro atoms. The summed E-state index contributed by atoms with van der Waals surface area (Å²) in [5.74, 6) is -0.811. The van der Waals surface area contributed by atoms with Crippen LogP contribution in [0.3, 0.4) is 0 Å². The highest BCUT2D eigenvalue weighted by molar-refractivity contribution is 6.03. The van der Waals surface area contributed by atoms with Crippen LogP contribution in [0, 0.1) is 0 Å². The maximum Gasteiger partial charge on any atom is 0.220 e. The Balaban J connectivity index is 2.44. The van der Waals surface area contributed by atoms with Gasteiger partial charge in [0.1, 0.15) is 11.6 Å². The van der Waals surface area contributed by atoms with Crippen molar-refractivity contribution in [2.75, 3.05) is 13.1 Å². The fourth-order valence-electron chi connectivity index (χ4n) is 2.26. The number of hydrogen-bond donors (Lipinski definition) is 1. The molecule has 1 unspecified atom stereocenters. The first-order valence-electron chi connectivity index (χ1n) is 6.49. The predicted molar refractivity (Wildman–Crippen MR) is 68.3 cm³/mol. The summed E-state index contributed by atoms with van der Waals surface area (Å²) in [7, 11) is 0. The number of ketones is 3. The first-order valence-corrected chi connectivity index (χ1v) is 6.49. The molecule has 1 fully saturated rings. The van der Waals surface area contributed by atoms with Crippen molar-refractivity contribution in [1.29, 1.82) is 0 Å². The Morgan fingerprint density at radius 1 is 1.16 bits per heavy atom. The van der Waals surface area contributed by atoms with E-state index in [4.69, 9.17) is 5.73 Å². The summed E-state index contributed by atoms with van der Waals surface area (Å²) in [6.45, 7) is 1.92. The number of likely N-dealkylation sites (tertiary alicyclic amines) is 1. The molecule has 6 heteroatoms. The summed E-state index contributed by atoms with van der Waals surface area (Å²) in [5, 5.41) is 0. The Morgan fingerprint density at radius 2 is 1.79 bits per heavy atom. The smallest absolute Gasteiger partial charge is 0.220 e. The molecule has 2 N–H and O–H groups in total. The highest BCUT2D eigenvalue weighted by atomic mass is 16.2. The third-order valence-electron chi connectivity index (χ3n) is 3.31. The fraction of sp³-hybridized carbons (Fsp3) is 0.692. The van der Waals surface area contributed by atoms with E-state index in [1.54, 1.807) is 0 Å². The summed E-state index contributed by atoms with van der Waals surface area (Å²) in [6, 6.07) is -0.466. The van der Waals surface area contributed by atoms with Crippen molar-refractivity contribution in [3.63, 3.8) is 0 Å². The molecule has 1 aliphatic rings. The zero-order valence-electron chi connectivity index (χ0n) is 11.2. The highest BCUT2D eigenvalue weighted by Crippen LogP contribution is 2.19. The number of carbonyl (C=O) groups is 4. The molecule has 1 rings (SSSR count). The van der Waals surface area contributed by atoms with Crippen LogP contribution in [0.25, 0.3) is 0 Å². The Labute approximate surface area is 112 Å². The second-order valence-electron chi connectivity index (χ2n) is 4.80. The monoisotopic (exact) mass is 268 g/mol. The Morgan fingerprint density at radius 3 is 2.37 bits per heavy atom. The van der Waals surface area contributed by atoms with E-state index < -0.39 is 6.04 Å². The van der Waals surface area contributed by atoms with Crippen LogP contribution in [-0.2, 0) is 19.2 Å². The summed E-state index contributed by atoms with van der Waals surface area (Å²) < 4.78 is 0. The van der Waals surface area contributed by atoms with E-state index >= 15 is 0 Å². The molecule has 1 atom stereocenters. The maximum absolute atomic E-state index is 12.0. The van der Waals surface area contributed by atoms with Crippen LogP contribution < -0.4 is 5.73 Å². The van der Waals surface area contributed by atoms with Gasteiger partial charge in [-0.2, -0.15) is 0 Å². The van der Waals surface area contributed by atoms with E-state index in [0.29, 0.717) is 13.0 Å². The first-order chi connectivity index (χ1) is 8.95. The van der Waals surface area contributed by atoms with Gasteiger partial charge in [-0.05, 0) is 12.8 Å². The van der Waals surface area contributed by atoms with Gasteiger partial charge >= 0.3 is 0 Å². The molecule has 0 bridgehead atoms. The summed E-state index contributed by atoms with van der Waals surface area (Å²) >= 11 is 0. The van der Waals surface area contributed by atoms with Crippen molar-refractivity contribution in [2.45, 2.75) is 45.1 Å². The van der Waals surface area contributed by atoms with Crippen molar-refractivity contribution < 1.29 is 19.2 Å². The number of amides is 1. The minimum absolute atomic E-state index is 0.0502. The van der Waals surface area contributed by atoms with Crippen molar-refractivity contribution in [3.8, 4) is 0 Å². The largest absolute Gasteiger partial charge is 0.333 e. The normalized spacial score (nSPS) is 18.4. The van der Waals surface area contributed by atoms with E-state index in [1.807, 2.05) is 0 Å². The Kier molecular flexibility index (Phi) is 5.82. The molecule has 0 aromatic heterocycles. The maximum atomic E-state index is 12.0. The number of hydrogen-bond acceptors (Lipinski definition) is 5. The van der Waals surface area contributed by atoms with Crippen LogP contribution in [0.2, 0.25) is 0 Å². The molecule has 1 aliphatic heterocycles. The lowest BCUT2D eigenvalue weighted by Gasteiger charge is -2.21. The molecule has 0 saturated carbocycles. The number of nitrogens with two attached hydrogens (primary N) is 1. The topological polar surface area (TPSA) is 97.5 Å². The van der Waals surface area contributed by atoms with Crippen LogP contribution in [0.15, 0.2) is 0 Å². The standard InChI is InChI=1S/C13H20N2O4/c1-9(16)15-6-2-3-12(15)13(19)7-10(17)4-5-11(18)8-14/h12H,2-8,14H2,1H3. The molecular formula is C13H20N2O4. The van der Waals surface area contributed by atoms with Gasteiger partial charge in [0.25, 0.3) is 0 Å². The molecule has 1 amide bonds. The molecule has 0 aromatic carbocycles. The quantitative estimate of drug-likeness (QED) is 0.647. The third-order valence-corrected chi connectivity index (χ3v) is 3.31. The van der Waals surface area contributed by atoms with E-state index in [1.165, 1.54) is 11.8 Å². The van der Waals surface area contributed by atoms with Crippen LogP contribution in [0.5, 0.6) is 0 Å². The van der Waals surface area contributed by atoms with Crippen molar-refractivity contribution >= 4 is 23.3 Å². The number of rotatable bonds is 7. The second-order valence-corrected chi connectivity index (χ2v) is 4.80. The highest BCUT2D eigenvalue weighted by Gasteiger charge is 2.32. The van der Waals surface area contributed by atoms with Gasteiger partial charge in [0.05, 0.1) is 19.0 Å². The minimum atomic E-state index is -0.466. The van der Waals surface area contributed by atoms with Crippen LogP contribution >= 0.6 is 0 Å². The number of carbonyl (C=O) groups excluding carboxylic acids is 4. The van der Waals surface area contributed by atoms with E-state index in [9.17, 15) is 19.2 Å². The summed E-state index contributed by atoms with van der Waals surface area (Å²) in [5.41, 5.74) is 5.14. The molecule has 19 heavy (non-hydrogen) atoms. The molecule has 0 radical (unpaired) electrons. The predicted octanol–water partition coefficient (Wildman–Crippen LogP) is -0.166. The van der Waals surface area contributed by atoms with Gasteiger partial charge in [-0.25, -0.2) is 0 Å². The van der Waals surface area contributed by atoms with E-state index in [-0.39, 0.29) is 49.1 Å². The van der Waals surface area contributed by atoms with Gasteiger partial charge in [-0.1, -0.05) is 0 Å². The second kappa shape index (κ2) is 7.13. The molecule has 0 aromatic rings. The zero-order valence-corrected chi connectivity index (χ0v) is 11.2. The molecule has 6 nitrogen and oxygen atoms in total. The van der Waals surface area contributed by atoms with Gasteiger partial charge in [0.15, 0.2) is 5.78 Å².